The number of hydrogen-bond donors (Lipinski definition) is 1. The quantitative estimate of drug-likeness (QED) is 0.643. The number of sulfonamides is 1. The Kier molecular flexibility index (Phi) is 7.00. The average Bonchev–Trinajstić information content (AvgIpc) is 3.31. The normalized spacial score (nSPS) is 16.9. The van der Waals surface area contributed by atoms with Gasteiger partial charge >= 0.3 is 5.97 Å². The van der Waals surface area contributed by atoms with Crippen molar-refractivity contribution >= 4 is 16.0 Å². The lowest BCUT2D eigenvalue weighted by Gasteiger charge is -2.25. The third kappa shape index (κ3) is 4.77. The maximum Gasteiger partial charge on any atom is 0.355 e. The van der Waals surface area contributed by atoms with Crippen molar-refractivity contribution in [1.82, 2.24) is 9.29 Å². The van der Waals surface area contributed by atoms with E-state index >= 15 is 0 Å². The Morgan fingerprint density at radius 1 is 1.23 bits per heavy atom. The zero-order valence-electron chi connectivity index (χ0n) is 18.0. The molecule has 0 radical (unpaired) electrons. The first-order valence-corrected chi connectivity index (χ1v) is 11.7. The number of carbonyl (C=O) groups is 1. The van der Waals surface area contributed by atoms with Gasteiger partial charge in [0.25, 0.3) is 0 Å². The van der Waals surface area contributed by atoms with E-state index in [0.717, 1.165) is 29.7 Å². The smallest absolute Gasteiger partial charge is 0.355 e. The molecule has 1 atom stereocenters. The summed E-state index contributed by atoms with van der Waals surface area (Å²) in [5.41, 5.74) is 3.62. The SMILES string of the molecule is CCOC(=O)c1[nH]c(C)c(CN(C[C@H]2CCCO2)S(=O)(=O)c2ccc(C)cc2)c1C. The molecule has 2 heterocycles. The summed E-state index contributed by atoms with van der Waals surface area (Å²) in [6.07, 6.45) is 1.63. The van der Waals surface area contributed by atoms with Gasteiger partial charge in [-0.1, -0.05) is 17.7 Å². The predicted octanol–water partition coefficient (Wildman–Crippen LogP) is 3.49. The van der Waals surface area contributed by atoms with Crippen LogP contribution >= 0.6 is 0 Å². The number of nitrogens with one attached hydrogen (secondary N) is 1. The first-order chi connectivity index (χ1) is 14.2. The molecule has 0 saturated carbocycles. The van der Waals surface area contributed by atoms with Crippen LogP contribution in [0.25, 0.3) is 0 Å². The minimum absolute atomic E-state index is 0.130. The van der Waals surface area contributed by atoms with Crippen LogP contribution in [0.2, 0.25) is 0 Å². The molecule has 1 aliphatic heterocycles. The fraction of sp³-hybridized carbons (Fsp3) is 0.500. The Hall–Kier alpha value is -2.16. The van der Waals surface area contributed by atoms with Crippen molar-refractivity contribution in [2.45, 2.75) is 58.1 Å². The van der Waals surface area contributed by atoms with Crippen LogP contribution in [0.5, 0.6) is 0 Å². The molecule has 1 aromatic heterocycles. The summed E-state index contributed by atoms with van der Waals surface area (Å²) in [5.74, 6) is -0.434. The number of hydrogen-bond acceptors (Lipinski definition) is 5. The number of benzene rings is 1. The van der Waals surface area contributed by atoms with Crippen molar-refractivity contribution in [1.29, 1.82) is 0 Å². The lowest BCUT2D eigenvalue weighted by Crippen LogP contribution is -2.37. The van der Waals surface area contributed by atoms with E-state index in [9.17, 15) is 13.2 Å². The van der Waals surface area contributed by atoms with Crippen molar-refractivity contribution in [3.63, 3.8) is 0 Å². The second-order valence-corrected chi connectivity index (χ2v) is 9.63. The van der Waals surface area contributed by atoms with Gasteiger partial charge in [-0.2, -0.15) is 4.31 Å². The van der Waals surface area contributed by atoms with Crippen LogP contribution in [0.1, 0.15) is 52.6 Å². The van der Waals surface area contributed by atoms with Crippen LogP contribution < -0.4 is 0 Å². The van der Waals surface area contributed by atoms with Gasteiger partial charge in [-0.15, -0.1) is 0 Å². The fourth-order valence-electron chi connectivity index (χ4n) is 3.73. The summed E-state index contributed by atoms with van der Waals surface area (Å²) < 4.78 is 39.2. The predicted molar refractivity (Wildman–Crippen MR) is 114 cm³/mol. The van der Waals surface area contributed by atoms with Gasteiger partial charge in [0.2, 0.25) is 10.0 Å². The van der Waals surface area contributed by atoms with Gasteiger partial charge in [0.1, 0.15) is 5.69 Å². The number of H-pyrrole nitrogens is 1. The Labute approximate surface area is 178 Å². The number of esters is 1. The Morgan fingerprint density at radius 3 is 2.53 bits per heavy atom. The number of aryl methyl sites for hydroxylation is 2. The second-order valence-electron chi connectivity index (χ2n) is 7.69. The summed E-state index contributed by atoms with van der Waals surface area (Å²) >= 11 is 0. The number of carbonyl (C=O) groups excluding carboxylic acids is 1. The Balaban J connectivity index is 1.95. The molecular formula is C22H30N2O5S. The number of rotatable bonds is 8. The highest BCUT2D eigenvalue weighted by Gasteiger charge is 2.31. The first-order valence-electron chi connectivity index (χ1n) is 10.3. The molecule has 1 N–H and O–H groups in total. The van der Waals surface area contributed by atoms with Crippen LogP contribution in [-0.2, 0) is 26.0 Å². The molecule has 1 aliphatic rings. The molecule has 3 rings (SSSR count). The number of aromatic amines is 1. The topological polar surface area (TPSA) is 88.7 Å². The zero-order valence-corrected chi connectivity index (χ0v) is 18.8. The highest BCUT2D eigenvalue weighted by atomic mass is 32.2. The average molecular weight is 435 g/mol. The number of aromatic nitrogens is 1. The van der Waals surface area contributed by atoms with Crippen LogP contribution in [0.15, 0.2) is 29.2 Å². The van der Waals surface area contributed by atoms with Gasteiger partial charge in [0.05, 0.1) is 17.6 Å². The molecule has 1 aromatic carbocycles. The third-order valence-electron chi connectivity index (χ3n) is 5.50. The minimum Gasteiger partial charge on any atom is -0.461 e. The third-order valence-corrected chi connectivity index (χ3v) is 7.32. The van der Waals surface area contributed by atoms with Gasteiger partial charge in [0.15, 0.2) is 0 Å². The Bertz CT molecular complexity index is 989. The van der Waals surface area contributed by atoms with E-state index in [2.05, 4.69) is 4.98 Å². The van der Waals surface area contributed by atoms with E-state index in [-0.39, 0.29) is 30.7 Å². The van der Waals surface area contributed by atoms with Crippen molar-refractivity contribution in [3.05, 3.63) is 52.3 Å². The van der Waals surface area contributed by atoms with E-state index in [1.165, 1.54) is 4.31 Å². The standard InChI is InChI=1S/C22H30N2O5S/c1-5-28-22(25)21-16(3)20(17(4)23-21)14-24(13-18-7-6-12-29-18)30(26,27)19-10-8-15(2)9-11-19/h8-11,18,23H,5-7,12-14H2,1-4H3/t18-/m1/s1. The van der Waals surface area contributed by atoms with E-state index in [0.29, 0.717) is 17.9 Å². The summed E-state index contributed by atoms with van der Waals surface area (Å²) in [6.45, 7) is 8.68. The van der Waals surface area contributed by atoms with Crippen LogP contribution in [-0.4, -0.2) is 49.5 Å². The van der Waals surface area contributed by atoms with Crippen LogP contribution in [0.3, 0.4) is 0 Å². The molecule has 164 valence electrons. The molecule has 0 bridgehead atoms. The molecule has 0 aliphatic carbocycles. The zero-order chi connectivity index (χ0) is 21.9. The van der Waals surface area contributed by atoms with Crippen molar-refractivity contribution in [2.24, 2.45) is 0 Å². The van der Waals surface area contributed by atoms with Crippen molar-refractivity contribution in [2.75, 3.05) is 19.8 Å². The molecule has 8 heteroatoms. The number of nitrogens with zero attached hydrogens (tertiary/aromatic N) is 1. The summed E-state index contributed by atoms with van der Waals surface area (Å²) in [4.78, 5) is 15.6. The maximum absolute atomic E-state index is 13.5. The fourth-order valence-corrected chi connectivity index (χ4v) is 5.17. The number of ether oxygens (including phenoxy) is 2. The van der Waals surface area contributed by atoms with E-state index in [1.807, 2.05) is 20.8 Å². The highest BCUT2D eigenvalue weighted by molar-refractivity contribution is 7.89. The monoisotopic (exact) mass is 434 g/mol. The Morgan fingerprint density at radius 2 is 1.93 bits per heavy atom. The molecule has 7 nitrogen and oxygen atoms in total. The lowest BCUT2D eigenvalue weighted by molar-refractivity contribution is 0.0519. The summed E-state index contributed by atoms with van der Waals surface area (Å²) in [6, 6.07) is 6.85. The molecule has 0 unspecified atom stereocenters. The molecule has 0 amide bonds. The van der Waals surface area contributed by atoms with Crippen LogP contribution in [0.4, 0.5) is 0 Å². The van der Waals surface area contributed by atoms with Crippen LogP contribution in [0, 0.1) is 20.8 Å². The van der Waals surface area contributed by atoms with Gasteiger partial charge in [-0.3, -0.25) is 0 Å². The van der Waals surface area contributed by atoms with Gasteiger partial charge < -0.3 is 14.5 Å². The van der Waals surface area contributed by atoms with E-state index in [4.69, 9.17) is 9.47 Å². The van der Waals surface area contributed by atoms with Gasteiger partial charge in [-0.25, -0.2) is 13.2 Å². The molecule has 1 saturated heterocycles. The van der Waals surface area contributed by atoms with Gasteiger partial charge in [-0.05, 0) is 63.8 Å². The molecule has 2 aromatic rings. The summed E-state index contributed by atoms with van der Waals surface area (Å²) in [5, 5.41) is 0. The summed E-state index contributed by atoms with van der Waals surface area (Å²) in [7, 11) is -3.73. The highest BCUT2D eigenvalue weighted by Crippen LogP contribution is 2.26. The van der Waals surface area contributed by atoms with E-state index < -0.39 is 16.0 Å². The molecule has 1 fully saturated rings. The maximum atomic E-state index is 13.5. The van der Waals surface area contributed by atoms with E-state index in [1.54, 1.807) is 31.2 Å². The molecular weight excluding hydrogens is 404 g/mol. The van der Waals surface area contributed by atoms with Crippen molar-refractivity contribution in [3.8, 4) is 0 Å². The first kappa shape index (κ1) is 22.5. The minimum atomic E-state index is -3.73. The van der Waals surface area contributed by atoms with Gasteiger partial charge in [0, 0.05) is 25.4 Å². The molecule has 0 spiro atoms. The molecule has 30 heavy (non-hydrogen) atoms. The second kappa shape index (κ2) is 9.32. The lowest BCUT2D eigenvalue weighted by atomic mass is 10.1. The van der Waals surface area contributed by atoms with Crippen molar-refractivity contribution < 1.29 is 22.7 Å². The largest absolute Gasteiger partial charge is 0.461 e.